The van der Waals surface area contributed by atoms with E-state index in [1.807, 2.05) is 0 Å². The van der Waals surface area contributed by atoms with Crippen LogP contribution in [0.1, 0.15) is 38.5 Å². The number of nitrogens with two attached hydrogens (primary N) is 1. The van der Waals surface area contributed by atoms with E-state index >= 15 is 0 Å². The van der Waals surface area contributed by atoms with E-state index < -0.39 is 23.1 Å². The number of amides is 2. The minimum absolute atomic E-state index is 0.316. The summed E-state index contributed by atoms with van der Waals surface area (Å²) in [7, 11) is 0. The zero-order chi connectivity index (χ0) is 18.4. The Hall–Kier alpha value is -2.35. The van der Waals surface area contributed by atoms with E-state index in [1.54, 1.807) is 6.92 Å². The highest BCUT2D eigenvalue weighted by Crippen LogP contribution is 2.50. The Balaban J connectivity index is 1.86. The van der Waals surface area contributed by atoms with Crippen LogP contribution in [0, 0.1) is 6.92 Å². The number of carbonyl (C=O) groups excluding carboxylic acids is 2. The molecule has 1 saturated carbocycles. The molecular weight excluding hydrogens is 353 g/mol. The second-order valence-electron chi connectivity index (χ2n) is 6.06. The molecule has 0 atom stereocenters. The summed E-state index contributed by atoms with van der Waals surface area (Å²) in [6, 6.07) is 6.35. The maximum atomic E-state index is 12.9. The molecule has 0 saturated heterocycles. The molecule has 1 aliphatic carbocycles. The molecule has 0 spiro atoms. The number of primary amides is 1. The number of anilines is 1. The Kier molecular flexibility index (Phi) is 4.10. The lowest BCUT2D eigenvalue weighted by Gasteiger charge is -2.17. The van der Waals surface area contributed by atoms with Gasteiger partial charge < -0.3 is 11.1 Å². The number of aryl methyl sites for hydroxylation is 1. The summed E-state index contributed by atoms with van der Waals surface area (Å²) < 4.78 is 38.7. The average molecular weight is 368 g/mol. The predicted molar refractivity (Wildman–Crippen MR) is 88.6 cm³/mol. The third-order valence-electron chi connectivity index (χ3n) is 4.34. The molecule has 2 amide bonds. The number of rotatable bonds is 4. The summed E-state index contributed by atoms with van der Waals surface area (Å²) in [6.45, 7) is 1.73. The highest BCUT2D eigenvalue weighted by Gasteiger charge is 2.52. The fourth-order valence-corrected chi connectivity index (χ4v) is 3.56. The first kappa shape index (κ1) is 17.5. The number of hydrogen-bond acceptors (Lipinski definition) is 3. The van der Waals surface area contributed by atoms with E-state index in [2.05, 4.69) is 5.32 Å². The van der Waals surface area contributed by atoms with Crippen LogP contribution in [0.5, 0.6) is 0 Å². The topological polar surface area (TPSA) is 72.2 Å². The molecule has 3 N–H and O–H groups in total. The fourth-order valence-electron chi connectivity index (χ4n) is 2.73. The molecule has 1 aromatic heterocycles. The minimum Gasteiger partial charge on any atom is -0.365 e. The Morgan fingerprint density at radius 1 is 1.24 bits per heavy atom. The molecule has 0 radical (unpaired) electrons. The van der Waals surface area contributed by atoms with E-state index in [4.69, 9.17) is 5.73 Å². The lowest BCUT2D eigenvalue weighted by Crippen LogP contribution is -2.28. The molecule has 0 unspecified atom stereocenters. The molecular formula is C17H15F3N2O2S. The van der Waals surface area contributed by atoms with Gasteiger partial charge in [0.05, 0.1) is 21.5 Å². The maximum Gasteiger partial charge on any atom is 0.416 e. The van der Waals surface area contributed by atoms with Gasteiger partial charge in [-0.2, -0.15) is 13.2 Å². The standard InChI is InChI=1S/C17H15F3N2O2S/c1-9-12(8-13(25-9)14(21)23)22-15(24)16(5-6-16)10-3-2-4-11(7-10)17(18,19)20/h2-4,7-8H,5-6H2,1H3,(H2,21,23)(H,22,24). The number of nitrogens with one attached hydrogen (secondary N) is 1. The third-order valence-corrected chi connectivity index (χ3v) is 5.40. The number of benzene rings is 1. The summed E-state index contributed by atoms with van der Waals surface area (Å²) in [5.41, 5.74) is 4.31. The van der Waals surface area contributed by atoms with Crippen molar-refractivity contribution in [3.63, 3.8) is 0 Å². The van der Waals surface area contributed by atoms with Crippen molar-refractivity contribution < 1.29 is 22.8 Å². The molecule has 3 rings (SSSR count). The predicted octanol–water partition coefficient (Wildman–Crippen LogP) is 3.84. The van der Waals surface area contributed by atoms with Crippen LogP contribution in [0.15, 0.2) is 30.3 Å². The molecule has 4 nitrogen and oxygen atoms in total. The second-order valence-corrected chi connectivity index (χ2v) is 7.32. The van der Waals surface area contributed by atoms with E-state index in [0.29, 0.717) is 33.8 Å². The highest BCUT2D eigenvalue weighted by molar-refractivity contribution is 7.14. The summed E-state index contributed by atoms with van der Waals surface area (Å²) in [5.74, 6) is -0.962. The van der Waals surface area contributed by atoms with Gasteiger partial charge >= 0.3 is 6.18 Å². The SMILES string of the molecule is Cc1sc(C(N)=O)cc1NC(=O)C1(c2cccc(C(F)(F)F)c2)CC1. The van der Waals surface area contributed by atoms with Crippen LogP contribution >= 0.6 is 11.3 Å². The molecule has 1 aliphatic rings. The van der Waals surface area contributed by atoms with Crippen molar-refractivity contribution in [2.24, 2.45) is 5.73 Å². The zero-order valence-corrected chi connectivity index (χ0v) is 14.1. The summed E-state index contributed by atoms with van der Waals surface area (Å²) in [5, 5.41) is 2.73. The van der Waals surface area contributed by atoms with Crippen LogP contribution in [-0.4, -0.2) is 11.8 Å². The van der Waals surface area contributed by atoms with Crippen molar-refractivity contribution in [2.45, 2.75) is 31.4 Å². The Labute approximate surface area is 145 Å². The smallest absolute Gasteiger partial charge is 0.365 e. The van der Waals surface area contributed by atoms with Crippen molar-refractivity contribution in [3.05, 3.63) is 51.2 Å². The quantitative estimate of drug-likeness (QED) is 0.861. The third kappa shape index (κ3) is 3.26. The van der Waals surface area contributed by atoms with Gasteiger partial charge in [0, 0.05) is 4.88 Å². The first-order valence-electron chi connectivity index (χ1n) is 7.53. The van der Waals surface area contributed by atoms with Crippen molar-refractivity contribution in [1.29, 1.82) is 0 Å². The molecule has 0 aliphatic heterocycles. The van der Waals surface area contributed by atoms with E-state index in [0.717, 1.165) is 23.5 Å². The van der Waals surface area contributed by atoms with Gasteiger partial charge in [-0.25, -0.2) is 0 Å². The van der Waals surface area contributed by atoms with Gasteiger partial charge in [0.2, 0.25) is 5.91 Å². The van der Waals surface area contributed by atoms with Crippen LogP contribution in [0.25, 0.3) is 0 Å². The fraction of sp³-hybridized carbons (Fsp3) is 0.294. The second kappa shape index (κ2) is 5.87. The molecule has 2 aromatic rings. The molecule has 1 heterocycles. The molecule has 1 fully saturated rings. The minimum atomic E-state index is -4.46. The number of carbonyl (C=O) groups is 2. The number of halogens is 3. The van der Waals surface area contributed by atoms with E-state index in [9.17, 15) is 22.8 Å². The van der Waals surface area contributed by atoms with Gasteiger partial charge in [-0.1, -0.05) is 18.2 Å². The van der Waals surface area contributed by atoms with Gasteiger partial charge in [-0.05, 0) is 37.5 Å². The van der Waals surface area contributed by atoms with Crippen LogP contribution in [0.3, 0.4) is 0 Å². The lowest BCUT2D eigenvalue weighted by atomic mass is 9.93. The highest BCUT2D eigenvalue weighted by atomic mass is 32.1. The van der Waals surface area contributed by atoms with E-state index in [-0.39, 0.29) is 5.91 Å². The summed E-state index contributed by atoms with van der Waals surface area (Å²) in [6.07, 6.45) is -3.50. The summed E-state index contributed by atoms with van der Waals surface area (Å²) in [4.78, 5) is 24.9. The number of alkyl halides is 3. The van der Waals surface area contributed by atoms with Crippen molar-refractivity contribution in [1.82, 2.24) is 0 Å². The van der Waals surface area contributed by atoms with Gasteiger partial charge in [0.1, 0.15) is 0 Å². The van der Waals surface area contributed by atoms with Crippen LogP contribution in [0.2, 0.25) is 0 Å². The zero-order valence-electron chi connectivity index (χ0n) is 13.2. The van der Waals surface area contributed by atoms with Crippen LogP contribution in [0.4, 0.5) is 18.9 Å². The number of hydrogen-bond donors (Lipinski definition) is 2. The molecule has 132 valence electrons. The first-order valence-corrected chi connectivity index (χ1v) is 8.34. The van der Waals surface area contributed by atoms with Gasteiger partial charge in [-0.15, -0.1) is 11.3 Å². The van der Waals surface area contributed by atoms with Crippen molar-refractivity contribution >= 4 is 28.8 Å². The van der Waals surface area contributed by atoms with Gasteiger partial charge in [-0.3, -0.25) is 9.59 Å². The first-order chi connectivity index (χ1) is 11.6. The average Bonchev–Trinajstić information content (AvgIpc) is 3.27. The Morgan fingerprint density at radius 2 is 1.92 bits per heavy atom. The molecule has 0 bridgehead atoms. The van der Waals surface area contributed by atoms with Crippen molar-refractivity contribution in [3.8, 4) is 0 Å². The number of thiophene rings is 1. The normalized spacial score (nSPS) is 15.7. The Bertz CT molecular complexity index is 854. The Morgan fingerprint density at radius 3 is 2.44 bits per heavy atom. The molecule has 8 heteroatoms. The molecule has 25 heavy (non-hydrogen) atoms. The molecule has 1 aromatic carbocycles. The van der Waals surface area contributed by atoms with Gasteiger partial charge in [0.15, 0.2) is 0 Å². The van der Waals surface area contributed by atoms with Crippen molar-refractivity contribution in [2.75, 3.05) is 5.32 Å². The van der Waals surface area contributed by atoms with Crippen LogP contribution in [-0.2, 0) is 16.4 Å². The largest absolute Gasteiger partial charge is 0.416 e. The van der Waals surface area contributed by atoms with Crippen LogP contribution < -0.4 is 11.1 Å². The monoisotopic (exact) mass is 368 g/mol. The maximum absolute atomic E-state index is 12.9. The lowest BCUT2D eigenvalue weighted by molar-refractivity contribution is -0.137. The summed E-state index contributed by atoms with van der Waals surface area (Å²) >= 11 is 1.16. The van der Waals surface area contributed by atoms with Gasteiger partial charge in [0.25, 0.3) is 5.91 Å². The van der Waals surface area contributed by atoms with E-state index in [1.165, 1.54) is 18.2 Å².